The first-order valence-electron chi connectivity index (χ1n) is 10.0. The van der Waals surface area contributed by atoms with Gasteiger partial charge in [0.1, 0.15) is 11.6 Å². The molecule has 0 spiro atoms. The number of aliphatic carboxylic acids is 2. The van der Waals surface area contributed by atoms with Crippen LogP contribution < -0.4 is 10.1 Å². The van der Waals surface area contributed by atoms with Crippen molar-refractivity contribution in [1.29, 1.82) is 0 Å². The minimum Gasteiger partial charge on any atom is -0.497 e. The molecular weight excluding hydrogens is 410 g/mol. The summed E-state index contributed by atoms with van der Waals surface area (Å²) in [4.78, 5) is 27.3. The van der Waals surface area contributed by atoms with Gasteiger partial charge in [0.2, 0.25) is 0 Å². The molecule has 0 aliphatic carbocycles. The van der Waals surface area contributed by atoms with E-state index >= 15 is 0 Å². The molecule has 2 heterocycles. The van der Waals surface area contributed by atoms with Crippen LogP contribution in [0.2, 0.25) is 0 Å². The third-order valence-electron chi connectivity index (χ3n) is 5.20. The van der Waals surface area contributed by atoms with Crippen LogP contribution in [0.3, 0.4) is 0 Å². The number of pyridine rings is 1. The predicted octanol–water partition coefficient (Wildman–Crippen LogP) is 4.64. The van der Waals surface area contributed by atoms with E-state index in [1.807, 2.05) is 12.3 Å². The lowest BCUT2D eigenvalue weighted by Crippen LogP contribution is -2.01. The van der Waals surface area contributed by atoms with Gasteiger partial charge in [0.05, 0.1) is 12.6 Å². The summed E-state index contributed by atoms with van der Waals surface area (Å²) in [6, 6.07) is 8.29. The Kier molecular flexibility index (Phi) is 6.63. The van der Waals surface area contributed by atoms with Crippen LogP contribution in [-0.4, -0.2) is 45.8 Å². The van der Waals surface area contributed by atoms with Crippen molar-refractivity contribution >= 4 is 50.3 Å². The SMILES string of the molecule is CCNc1nccc2c(C)c3[nH]c4ccc(OC)cc4c3c(C)c12.O=C(O)/C=C\C(=O)O. The summed E-state index contributed by atoms with van der Waals surface area (Å²) in [5.74, 6) is -0.687. The third-order valence-corrected chi connectivity index (χ3v) is 5.20. The molecule has 4 rings (SSSR count). The Hall–Kier alpha value is -4.07. The van der Waals surface area contributed by atoms with Crippen molar-refractivity contribution < 1.29 is 24.5 Å². The third kappa shape index (κ3) is 4.34. The number of aryl methyl sites for hydroxylation is 2. The van der Waals surface area contributed by atoms with Gasteiger partial charge in [0.15, 0.2) is 0 Å². The molecule has 0 radical (unpaired) electrons. The maximum absolute atomic E-state index is 9.55. The Morgan fingerprint density at radius 1 is 1.06 bits per heavy atom. The summed E-state index contributed by atoms with van der Waals surface area (Å²) in [5.41, 5.74) is 4.82. The van der Waals surface area contributed by atoms with Crippen LogP contribution in [-0.2, 0) is 9.59 Å². The van der Waals surface area contributed by atoms with E-state index in [4.69, 9.17) is 14.9 Å². The zero-order valence-corrected chi connectivity index (χ0v) is 18.3. The van der Waals surface area contributed by atoms with Gasteiger partial charge in [-0.05, 0) is 61.5 Å². The molecule has 8 nitrogen and oxygen atoms in total. The number of carboxylic acid groups (broad SMARTS) is 2. The Labute approximate surface area is 184 Å². The van der Waals surface area contributed by atoms with Gasteiger partial charge in [-0.25, -0.2) is 14.6 Å². The van der Waals surface area contributed by atoms with Gasteiger partial charge in [0, 0.05) is 46.6 Å². The van der Waals surface area contributed by atoms with E-state index in [2.05, 4.69) is 54.3 Å². The van der Waals surface area contributed by atoms with Crippen molar-refractivity contribution in [2.24, 2.45) is 0 Å². The number of H-pyrrole nitrogens is 1. The van der Waals surface area contributed by atoms with Crippen LogP contribution in [0.25, 0.3) is 32.6 Å². The lowest BCUT2D eigenvalue weighted by Gasteiger charge is -2.13. The molecule has 4 aromatic rings. The monoisotopic (exact) mass is 435 g/mol. The highest BCUT2D eigenvalue weighted by Gasteiger charge is 2.16. The summed E-state index contributed by atoms with van der Waals surface area (Å²) < 4.78 is 5.42. The number of nitrogens with zero attached hydrogens (tertiary/aromatic N) is 1. The van der Waals surface area contributed by atoms with Crippen molar-refractivity contribution in [2.45, 2.75) is 20.8 Å². The number of ether oxygens (including phenoxy) is 1. The number of nitrogens with one attached hydrogen (secondary N) is 2. The number of methoxy groups -OCH3 is 1. The lowest BCUT2D eigenvalue weighted by atomic mass is 9.96. The molecule has 0 saturated carbocycles. The molecule has 4 N–H and O–H groups in total. The first-order chi connectivity index (χ1) is 15.3. The highest BCUT2D eigenvalue weighted by molar-refractivity contribution is 6.18. The summed E-state index contributed by atoms with van der Waals surface area (Å²) in [7, 11) is 1.71. The second kappa shape index (κ2) is 9.38. The summed E-state index contributed by atoms with van der Waals surface area (Å²) in [6.45, 7) is 7.30. The van der Waals surface area contributed by atoms with Gasteiger partial charge in [0.25, 0.3) is 0 Å². The fraction of sp³-hybridized carbons (Fsp3) is 0.208. The normalized spacial score (nSPS) is 11.0. The molecule has 2 aromatic carbocycles. The number of fused-ring (bicyclic) bond motifs is 4. The van der Waals surface area contributed by atoms with E-state index in [-0.39, 0.29) is 0 Å². The van der Waals surface area contributed by atoms with Crippen LogP contribution in [0.5, 0.6) is 5.75 Å². The number of rotatable bonds is 5. The van der Waals surface area contributed by atoms with Crippen molar-refractivity contribution in [3.05, 3.63) is 53.7 Å². The highest BCUT2D eigenvalue weighted by atomic mass is 16.5. The number of aromatic amines is 1. The molecule has 0 amide bonds. The van der Waals surface area contributed by atoms with Gasteiger partial charge < -0.3 is 25.3 Å². The topological polar surface area (TPSA) is 125 Å². The van der Waals surface area contributed by atoms with Crippen molar-refractivity contribution in [3.8, 4) is 5.75 Å². The van der Waals surface area contributed by atoms with E-state index in [9.17, 15) is 9.59 Å². The molecule has 2 aromatic heterocycles. The van der Waals surface area contributed by atoms with Crippen LogP contribution in [0.1, 0.15) is 18.1 Å². The highest BCUT2D eigenvalue weighted by Crippen LogP contribution is 2.39. The summed E-state index contributed by atoms with van der Waals surface area (Å²) in [6.07, 6.45) is 2.99. The number of carbonyl (C=O) groups is 2. The fourth-order valence-electron chi connectivity index (χ4n) is 3.83. The number of hydrogen-bond donors (Lipinski definition) is 4. The maximum atomic E-state index is 9.55. The molecular formula is C24H25N3O5. The number of benzene rings is 2. The minimum absolute atomic E-state index is 0.558. The quantitative estimate of drug-likeness (QED) is 0.337. The zero-order chi connectivity index (χ0) is 23.4. The Morgan fingerprint density at radius 3 is 2.34 bits per heavy atom. The first kappa shape index (κ1) is 22.6. The van der Waals surface area contributed by atoms with Crippen molar-refractivity contribution in [1.82, 2.24) is 9.97 Å². The summed E-state index contributed by atoms with van der Waals surface area (Å²) >= 11 is 0. The maximum Gasteiger partial charge on any atom is 0.328 e. The second-order valence-electron chi connectivity index (χ2n) is 7.16. The van der Waals surface area contributed by atoms with E-state index < -0.39 is 11.9 Å². The molecule has 166 valence electrons. The van der Waals surface area contributed by atoms with Crippen LogP contribution in [0, 0.1) is 13.8 Å². The average molecular weight is 435 g/mol. The van der Waals surface area contributed by atoms with E-state index in [0.29, 0.717) is 12.2 Å². The number of carboxylic acids is 2. The molecule has 0 saturated heterocycles. The summed E-state index contributed by atoms with van der Waals surface area (Å²) in [5, 5.41) is 23.9. The van der Waals surface area contributed by atoms with Gasteiger partial charge in [-0.2, -0.15) is 0 Å². The fourth-order valence-corrected chi connectivity index (χ4v) is 3.83. The molecule has 0 unspecified atom stereocenters. The van der Waals surface area contributed by atoms with Gasteiger partial charge in [-0.1, -0.05) is 0 Å². The Bertz CT molecular complexity index is 1340. The first-order valence-corrected chi connectivity index (χ1v) is 10.0. The molecule has 0 aliphatic heterocycles. The van der Waals surface area contributed by atoms with Crippen molar-refractivity contribution in [2.75, 3.05) is 19.0 Å². The molecule has 0 bridgehead atoms. The molecule has 0 aliphatic rings. The molecule has 8 heteroatoms. The van der Waals surface area contributed by atoms with Crippen LogP contribution in [0.15, 0.2) is 42.6 Å². The van der Waals surface area contributed by atoms with E-state index in [1.165, 1.54) is 38.2 Å². The lowest BCUT2D eigenvalue weighted by molar-refractivity contribution is -0.134. The number of hydrogen-bond acceptors (Lipinski definition) is 5. The number of anilines is 1. The van der Waals surface area contributed by atoms with Gasteiger partial charge in [-0.15, -0.1) is 0 Å². The van der Waals surface area contributed by atoms with Gasteiger partial charge in [-0.3, -0.25) is 0 Å². The van der Waals surface area contributed by atoms with Crippen molar-refractivity contribution in [3.63, 3.8) is 0 Å². The Morgan fingerprint density at radius 2 is 1.75 bits per heavy atom. The van der Waals surface area contributed by atoms with Crippen LogP contribution >= 0.6 is 0 Å². The minimum atomic E-state index is -1.26. The molecule has 0 atom stereocenters. The molecule has 32 heavy (non-hydrogen) atoms. The van der Waals surface area contributed by atoms with E-state index in [0.717, 1.165) is 23.6 Å². The smallest absolute Gasteiger partial charge is 0.328 e. The average Bonchev–Trinajstić information content (AvgIpc) is 3.16. The number of aromatic nitrogens is 2. The predicted molar refractivity (Wildman–Crippen MR) is 126 cm³/mol. The standard InChI is InChI=1S/C20H21N3O.C4H4O4/c1-5-21-20-18-12(3)17-15-10-13(24-4)6-7-16(15)23-19(17)11(2)14(18)8-9-22-20;5-3(6)1-2-4(7)8/h6-10,23H,5H2,1-4H3,(H,21,22);1-2H,(H,5,6)(H,7,8)/b;2-1-. The second-order valence-corrected chi connectivity index (χ2v) is 7.16. The van der Waals surface area contributed by atoms with Crippen LogP contribution in [0.4, 0.5) is 5.82 Å². The Balaban J connectivity index is 0.000000312. The van der Waals surface area contributed by atoms with Gasteiger partial charge >= 0.3 is 11.9 Å². The largest absolute Gasteiger partial charge is 0.497 e. The zero-order valence-electron chi connectivity index (χ0n) is 18.3. The molecule has 0 fully saturated rings. The van der Waals surface area contributed by atoms with E-state index in [1.54, 1.807) is 7.11 Å².